The van der Waals surface area contributed by atoms with E-state index in [4.69, 9.17) is 16.3 Å². The zero-order valence-electron chi connectivity index (χ0n) is 9.61. The number of hydrogen-bond acceptors (Lipinski definition) is 2. The SMILES string of the molecule is CC(C)(C)OC(=O)Nc1cc(F)c(F)cc1Cl. The Hall–Kier alpha value is -1.36. The van der Waals surface area contributed by atoms with Crippen molar-refractivity contribution in [1.82, 2.24) is 0 Å². The van der Waals surface area contributed by atoms with E-state index in [0.717, 1.165) is 12.1 Å². The lowest BCUT2D eigenvalue weighted by molar-refractivity contribution is 0.0636. The minimum atomic E-state index is -1.10. The third-order valence-electron chi connectivity index (χ3n) is 1.65. The molecule has 1 aromatic rings. The van der Waals surface area contributed by atoms with Crippen LogP contribution in [0.5, 0.6) is 0 Å². The Balaban J connectivity index is 2.82. The number of carbonyl (C=O) groups excluding carboxylic acids is 1. The van der Waals surface area contributed by atoms with E-state index in [0.29, 0.717) is 0 Å². The van der Waals surface area contributed by atoms with Gasteiger partial charge in [-0.2, -0.15) is 0 Å². The maximum atomic E-state index is 12.9. The summed E-state index contributed by atoms with van der Waals surface area (Å²) in [6.45, 7) is 5.04. The summed E-state index contributed by atoms with van der Waals surface area (Å²) in [6, 6.07) is 1.57. The van der Waals surface area contributed by atoms with Gasteiger partial charge in [0.1, 0.15) is 5.60 Å². The van der Waals surface area contributed by atoms with Crippen molar-refractivity contribution >= 4 is 23.4 Å². The van der Waals surface area contributed by atoms with Crippen molar-refractivity contribution in [2.75, 3.05) is 5.32 Å². The fraction of sp³-hybridized carbons (Fsp3) is 0.364. The molecule has 0 aliphatic heterocycles. The second-order valence-corrected chi connectivity index (χ2v) is 4.78. The molecule has 94 valence electrons. The lowest BCUT2D eigenvalue weighted by Gasteiger charge is -2.20. The number of amides is 1. The normalized spacial score (nSPS) is 11.2. The molecule has 17 heavy (non-hydrogen) atoms. The summed E-state index contributed by atoms with van der Waals surface area (Å²) in [7, 11) is 0. The number of nitrogens with one attached hydrogen (secondary N) is 1. The molecule has 0 aromatic heterocycles. The molecule has 0 aliphatic rings. The van der Waals surface area contributed by atoms with Crippen LogP contribution >= 0.6 is 11.6 Å². The van der Waals surface area contributed by atoms with Crippen LogP contribution in [0.1, 0.15) is 20.8 Å². The Labute approximate surface area is 103 Å². The summed E-state index contributed by atoms with van der Waals surface area (Å²) in [5.41, 5.74) is -0.727. The molecule has 1 amide bonds. The minimum absolute atomic E-state index is 0.0418. The van der Waals surface area contributed by atoms with Gasteiger partial charge in [-0.15, -0.1) is 0 Å². The molecule has 1 N–H and O–H groups in total. The van der Waals surface area contributed by atoms with Gasteiger partial charge in [-0.3, -0.25) is 5.32 Å². The lowest BCUT2D eigenvalue weighted by atomic mass is 10.2. The number of hydrogen-bond donors (Lipinski definition) is 1. The maximum Gasteiger partial charge on any atom is 0.412 e. The van der Waals surface area contributed by atoms with E-state index >= 15 is 0 Å². The van der Waals surface area contributed by atoms with Crippen LogP contribution in [-0.2, 0) is 4.74 Å². The van der Waals surface area contributed by atoms with Crippen LogP contribution in [0, 0.1) is 11.6 Å². The average Bonchev–Trinajstić information content (AvgIpc) is 2.11. The van der Waals surface area contributed by atoms with Gasteiger partial charge < -0.3 is 4.74 Å². The number of rotatable bonds is 1. The highest BCUT2D eigenvalue weighted by molar-refractivity contribution is 6.33. The maximum absolute atomic E-state index is 12.9. The van der Waals surface area contributed by atoms with Gasteiger partial charge in [0, 0.05) is 6.07 Å². The Morgan fingerprint density at radius 3 is 2.35 bits per heavy atom. The van der Waals surface area contributed by atoms with Gasteiger partial charge in [-0.25, -0.2) is 13.6 Å². The molecule has 0 aliphatic carbocycles. The first kappa shape index (κ1) is 13.7. The van der Waals surface area contributed by atoms with Crippen molar-refractivity contribution in [2.24, 2.45) is 0 Å². The Kier molecular flexibility index (Phi) is 3.93. The minimum Gasteiger partial charge on any atom is -0.444 e. The first-order chi connectivity index (χ1) is 7.69. The summed E-state index contributed by atoms with van der Waals surface area (Å²) >= 11 is 5.64. The molecule has 0 saturated heterocycles. The highest BCUT2D eigenvalue weighted by atomic mass is 35.5. The zero-order chi connectivity index (χ0) is 13.2. The molecule has 6 heteroatoms. The van der Waals surface area contributed by atoms with Crippen LogP contribution in [0.25, 0.3) is 0 Å². The predicted octanol–water partition coefficient (Wildman–Crippen LogP) is 3.97. The van der Waals surface area contributed by atoms with Crippen LogP contribution in [0.15, 0.2) is 12.1 Å². The third-order valence-corrected chi connectivity index (χ3v) is 1.96. The van der Waals surface area contributed by atoms with E-state index < -0.39 is 23.3 Å². The monoisotopic (exact) mass is 263 g/mol. The number of anilines is 1. The first-order valence-corrected chi connectivity index (χ1v) is 5.21. The van der Waals surface area contributed by atoms with Gasteiger partial charge in [0.05, 0.1) is 10.7 Å². The lowest BCUT2D eigenvalue weighted by Crippen LogP contribution is -2.27. The van der Waals surface area contributed by atoms with Crippen LogP contribution in [0.2, 0.25) is 5.02 Å². The molecule has 0 atom stereocenters. The van der Waals surface area contributed by atoms with Gasteiger partial charge in [0.15, 0.2) is 11.6 Å². The molecule has 0 heterocycles. The molecule has 3 nitrogen and oxygen atoms in total. The van der Waals surface area contributed by atoms with Crippen molar-refractivity contribution in [3.8, 4) is 0 Å². The highest BCUT2D eigenvalue weighted by Gasteiger charge is 2.18. The molecule has 1 rings (SSSR count). The highest BCUT2D eigenvalue weighted by Crippen LogP contribution is 2.25. The van der Waals surface area contributed by atoms with Crippen molar-refractivity contribution in [2.45, 2.75) is 26.4 Å². The predicted molar refractivity (Wildman–Crippen MR) is 61.2 cm³/mol. The number of benzene rings is 1. The number of halogens is 3. The van der Waals surface area contributed by atoms with E-state index in [-0.39, 0.29) is 10.7 Å². The Morgan fingerprint density at radius 1 is 1.29 bits per heavy atom. The summed E-state index contributed by atoms with van der Waals surface area (Å²) in [5, 5.41) is 2.13. The standard InChI is InChI=1S/C11H12ClF2NO2/c1-11(2,3)17-10(16)15-9-5-8(14)7(13)4-6(9)12/h4-5H,1-3H3,(H,15,16). The van der Waals surface area contributed by atoms with Gasteiger partial charge in [0.25, 0.3) is 0 Å². The summed E-state index contributed by atoms with van der Waals surface area (Å²) in [6.07, 6.45) is -0.787. The van der Waals surface area contributed by atoms with E-state index in [2.05, 4.69) is 5.32 Å². The van der Waals surface area contributed by atoms with Crippen molar-refractivity contribution in [3.63, 3.8) is 0 Å². The smallest absolute Gasteiger partial charge is 0.412 e. The molecule has 0 unspecified atom stereocenters. The van der Waals surface area contributed by atoms with Crippen molar-refractivity contribution < 1.29 is 18.3 Å². The number of carbonyl (C=O) groups is 1. The number of ether oxygens (including phenoxy) is 1. The molecule has 0 spiro atoms. The van der Waals surface area contributed by atoms with E-state index in [9.17, 15) is 13.6 Å². The molecular formula is C11H12ClF2NO2. The van der Waals surface area contributed by atoms with Crippen LogP contribution in [-0.4, -0.2) is 11.7 Å². The van der Waals surface area contributed by atoms with E-state index in [1.54, 1.807) is 20.8 Å². The topological polar surface area (TPSA) is 38.3 Å². The van der Waals surface area contributed by atoms with Crippen LogP contribution in [0.4, 0.5) is 19.3 Å². The molecular weight excluding hydrogens is 252 g/mol. The molecule has 1 aromatic carbocycles. The molecule has 0 radical (unpaired) electrons. The first-order valence-electron chi connectivity index (χ1n) is 4.83. The summed E-state index contributed by atoms with van der Waals surface area (Å²) in [5.74, 6) is -2.18. The molecule has 0 bridgehead atoms. The molecule has 0 saturated carbocycles. The van der Waals surface area contributed by atoms with Crippen LogP contribution < -0.4 is 5.32 Å². The van der Waals surface area contributed by atoms with Crippen molar-refractivity contribution in [1.29, 1.82) is 0 Å². The Bertz CT molecular complexity index is 444. The second kappa shape index (κ2) is 4.87. The largest absolute Gasteiger partial charge is 0.444 e. The van der Waals surface area contributed by atoms with Gasteiger partial charge >= 0.3 is 6.09 Å². The van der Waals surface area contributed by atoms with Crippen molar-refractivity contribution in [3.05, 3.63) is 28.8 Å². The van der Waals surface area contributed by atoms with E-state index in [1.807, 2.05) is 0 Å². The quantitative estimate of drug-likeness (QED) is 0.779. The third kappa shape index (κ3) is 4.19. The fourth-order valence-corrected chi connectivity index (χ4v) is 1.23. The van der Waals surface area contributed by atoms with E-state index in [1.165, 1.54) is 0 Å². The summed E-state index contributed by atoms with van der Waals surface area (Å²) < 4.78 is 30.6. The summed E-state index contributed by atoms with van der Waals surface area (Å²) in [4.78, 5) is 11.4. The van der Waals surface area contributed by atoms with Gasteiger partial charge in [-0.05, 0) is 26.8 Å². The van der Waals surface area contributed by atoms with Gasteiger partial charge in [-0.1, -0.05) is 11.6 Å². The second-order valence-electron chi connectivity index (χ2n) is 4.37. The van der Waals surface area contributed by atoms with Crippen LogP contribution in [0.3, 0.4) is 0 Å². The average molecular weight is 264 g/mol. The zero-order valence-corrected chi connectivity index (χ0v) is 10.4. The molecule has 0 fully saturated rings. The Morgan fingerprint density at radius 2 is 1.82 bits per heavy atom. The van der Waals surface area contributed by atoms with Gasteiger partial charge in [0.2, 0.25) is 0 Å². The fourth-order valence-electron chi connectivity index (χ4n) is 1.03.